The molecule has 8 heteroatoms. The fourth-order valence-electron chi connectivity index (χ4n) is 3.02. The van der Waals surface area contributed by atoms with Gasteiger partial charge >= 0.3 is 0 Å². The Labute approximate surface area is 168 Å². The largest absolute Gasteiger partial charge is 0.376 e. The van der Waals surface area contributed by atoms with E-state index in [9.17, 15) is 18.5 Å². The van der Waals surface area contributed by atoms with Gasteiger partial charge in [-0.3, -0.25) is 4.79 Å². The van der Waals surface area contributed by atoms with Gasteiger partial charge in [0.2, 0.25) is 15.9 Å². The lowest BCUT2D eigenvalue weighted by molar-refractivity contribution is -0.121. The molecule has 0 aliphatic carbocycles. The Morgan fingerprint density at radius 2 is 1.89 bits per heavy atom. The van der Waals surface area contributed by atoms with E-state index in [2.05, 4.69) is 16.7 Å². The summed E-state index contributed by atoms with van der Waals surface area (Å²) >= 11 is 0. The summed E-state index contributed by atoms with van der Waals surface area (Å²) < 4.78 is 27.4. The number of carbonyl (C=O) groups excluding carboxylic acids is 1. The summed E-state index contributed by atoms with van der Waals surface area (Å²) in [4.78, 5) is 12.4. The van der Waals surface area contributed by atoms with Gasteiger partial charge in [-0.15, -0.1) is 0 Å². The van der Waals surface area contributed by atoms with Crippen molar-refractivity contribution < 1.29 is 13.2 Å². The van der Waals surface area contributed by atoms with Crippen LogP contribution in [-0.4, -0.2) is 43.8 Å². The maximum Gasteiger partial charge on any atom is 0.243 e. The number of carbonyl (C=O) groups is 1. The minimum atomic E-state index is -3.54. The Morgan fingerprint density at radius 3 is 2.46 bits per heavy atom. The topological polar surface area (TPSA) is 102 Å². The van der Waals surface area contributed by atoms with Crippen LogP contribution in [0, 0.1) is 17.2 Å². The number of hydrogen-bond donors (Lipinski definition) is 2. The molecule has 1 atom stereocenters. The molecule has 1 heterocycles. The van der Waals surface area contributed by atoms with Crippen molar-refractivity contribution in [2.24, 2.45) is 5.92 Å². The van der Waals surface area contributed by atoms with E-state index in [0.29, 0.717) is 18.8 Å². The van der Waals surface area contributed by atoms with Crippen LogP contribution in [0.3, 0.4) is 0 Å². The van der Waals surface area contributed by atoms with Gasteiger partial charge in [0.05, 0.1) is 17.5 Å². The van der Waals surface area contributed by atoms with Gasteiger partial charge in [-0.2, -0.15) is 9.57 Å². The lowest BCUT2D eigenvalue weighted by Crippen LogP contribution is -2.50. The minimum Gasteiger partial charge on any atom is -0.376 e. The van der Waals surface area contributed by atoms with Crippen molar-refractivity contribution in [3.05, 3.63) is 24.3 Å². The van der Waals surface area contributed by atoms with Crippen molar-refractivity contribution in [1.29, 1.82) is 5.26 Å². The normalized spacial score (nSPS) is 18.0. The Hall–Kier alpha value is -2.11. The van der Waals surface area contributed by atoms with Crippen molar-refractivity contribution in [2.75, 3.05) is 25.0 Å². The first kappa shape index (κ1) is 22.2. The second-order valence-electron chi connectivity index (χ2n) is 7.72. The average molecular weight is 407 g/mol. The Balaban J connectivity index is 2.05. The number of rotatable bonds is 7. The fourth-order valence-corrected chi connectivity index (χ4v) is 4.58. The summed E-state index contributed by atoms with van der Waals surface area (Å²) in [5.74, 6) is -0.359. The molecule has 0 radical (unpaired) electrons. The average Bonchev–Trinajstić information content (AvgIpc) is 2.96. The summed E-state index contributed by atoms with van der Waals surface area (Å²) in [5.41, 5.74) is -0.397. The van der Waals surface area contributed by atoms with Crippen LogP contribution in [0.2, 0.25) is 0 Å². The lowest BCUT2D eigenvalue weighted by atomic mass is 9.90. The van der Waals surface area contributed by atoms with E-state index in [1.807, 2.05) is 13.8 Å². The number of sulfonamides is 1. The maximum atomic E-state index is 12.9. The third kappa shape index (κ3) is 5.46. The molecule has 2 N–H and O–H groups in total. The zero-order chi connectivity index (χ0) is 20.8. The number of amides is 1. The summed E-state index contributed by atoms with van der Waals surface area (Å²) in [6.45, 7) is 6.47. The van der Waals surface area contributed by atoms with Gasteiger partial charge in [0.15, 0.2) is 0 Å². The van der Waals surface area contributed by atoms with Gasteiger partial charge in [0, 0.05) is 18.8 Å². The van der Waals surface area contributed by atoms with Crippen LogP contribution in [0.15, 0.2) is 29.2 Å². The van der Waals surface area contributed by atoms with Crippen LogP contribution in [0.5, 0.6) is 0 Å². The summed E-state index contributed by atoms with van der Waals surface area (Å²) in [6.07, 6.45) is 3.87. The number of nitrogens with one attached hydrogen (secondary N) is 2. The Morgan fingerprint density at radius 1 is 1.25 bits per heavy atom. The number of anilines is 1. The molecule has 1 saturated heterocycles. The van der Waals surface area contributed by atoms with Gasteiger partial charge in [0.1, 0.15) is 5.54 Å². The van der Waals surface area contributed by atoms with E-state index >= 15 is 0 Å². The highest BCUT2D eigenvalue weighted by Gasteiger charge is 2.30. The smallest absolute Gasteiger partial charge is 0.243 e. The van der Waals surface area contributed by atoms with Gasteiger partial charge in [0.25, 0.3) is 0 Å². The van der Waals surface area contributed by atoms with Gasteiger partial charge < -0.3 is 10.6 Å². The molecule has 0 aromatic heterocycles. The SMILES string of the molecule is CC(C)C(C)(C#N)NC(=O)CNc1cccc(S(=O)(=O)N2CCCCCC2)c1. The van der Waals surface area contributed by atoms with Crippen LogP contribution < -0.4 is 10.6 Å². The van der Waals surface area contributed by atoms with E-state index < -0.39 is 15.6 Å². The first-order valence-electron chi connectivity index (χ1n) is 9.75. The third-order valence-electron chi connectivity index (χ3n) is 5.28. The molecule has 1 unspecified atom stereocenters. The number of nitrogens with zero attached hydrogens (tertiary/aromatic N) is 2. The van der Waals surface area contributed by atoms with Crippen LogP contribution in [0.25, 0.3) is 0 Å². The maximum absolute atomic E-state index is 12.9. The molecule has 2 rings (SSSR count). The molecule has 1 amide bonds. The predicted molar refractivity (Wildman–Crippen MR) is 109 cm³/mol. The molecule has 1 aliphatic heterocycles. The summed E-state index contributed by atoms with van der Waals surface area (Å²) in [7, 11) is -3.54. The summed E-state index contributed by atoms with van der Waals surface area (Å²) in [6, 6.07) is 8.66. The molecule has 28 heavy (non-hydrogen) atoms. The molecule has 1 aliphatic rings. The first-order valence-corrected chi connectivity index (χ1v) is 11.2. The van der Waals surface area contributed by atoms with Crippen molar-refractivity contribution >= 4 is 21.6 Å². The quantitative estimate of drug-likeness (QED) is 0.725. The predicted octanol–water partition coefficient (Wildman–Crippen LogP) is 2.72. The number of benzene rings is 1. The van der Waals surface area contributed by atoms with Crippen LogP contribution in [0.1, 0.15) is 46.5 Å². The lowest BCUT2D eigenvalue weighted by Gasteiger charge is -2.27. The van der Waals surface area contributed by atoms with E-state index in [1.54, 1.807) is 35.5 Å². The Kier molecular flexibility index (Phi) is 7.44. The number of hydrogen-bond acceptors (Lipinski definition) is 5. The highest BCUT2D eigenvalue weighted by atomic mass is 32.2. The van der Waals surface area contributed by atoms with E-state index in [4.69, 9.17) is 0 Å². The van der Waals surface area contributed by atoms with Gasteiger partial charge in [-0.1, -0.05) is 32.8 Å². The molecular weight excluding hydrogens is 376 g/mol. The van der Waals surface area contributed by atoms with Crippen LogP contribution >= 0.6 is 0 Å². The molecule has 1 fully saturated rings. The second kappa shape index (κ2) is 9.39. The van der Waals surface area contributed by atoms with Crippen molar-refractivity contribution in [3.8, 4) is 6.07 Å². The van der Waals surface area contributed by atoms with E-state index in [0.717, 1.165) is 25.7 Å². The van der Waals surface area contributed by atoms with E-state index in [-0.39, 0.29) is 23.3 Å². The summed E-state index contributed by atoms with van der Waals surface area (Å²) in [5, 5.41) is 15.0. The van der Waals surface area contributed by atoms with Crippen molar-refractivity contribution in [2.45, 2.75) is 56.9 Å². The van der Waals surface area contributed by atoms with Crippen molar-refractivity contribution in [1.82, 2.24) is 9.62 Å². The van der Waals surface area contributed by atoms with Gasteiger partial charge in [-0.05, 0) is 43.9 Å². The molecule has 1 aromatic rings. The standard InChI is InChI=1S/C20H30N4O3S/c1-16(2)20(3,15-21)23-19(25)14-22-17-9-8-10-18(13-17)28(26,27)24-11-6-4-5-7-12-24/h8-10,13,16,22H,4-7,11-12,14H2,1-3H3,(H,23,25). The van der Waals surface area contributed by atoms with Crippen LogP contribution in [0.4, 0.5) is 5.69 Å². The third-order valence-corrected chi connectivity index (χ3v) is 7.17. The fraction of sp³-hybridized carbons (Fsp3) is 0.600. The van der Waals surface area contributed by atoms with Crippen LogP contribution in [-0.2, 0) is 14.8 Å². The zero-order valence-corrected chi connectivity index (χ0v) is 17.7. The first-order chi connectivity index (χ1) is 13.2. The minimum absolute atomic E-state index is 0.0384. The zero-order valence-electron chi connectivity index (χ0n) is 16.9. The van der Waals surface area contributed by atoms with E-state index in [1.165, 1.54) is 0 Å². The molecule has 0 saturated carbocycles. The van der Waals surface area contributed by atoms with Gasteiger partial charge in [-0.25, -0.2) is 8.42 Å². The Bertz CT molecular complexity index is 824. The highest BCUT2D eigenvalue weighted by molar-refractivity contribution is 7.89. The highest BCUT2D eigenvalue weighted by Crippen LogP contribution is 2.22. The molecule has 0 spiro atoms. The van der Waals surface area contributed by atoms with Crippen molar-refractivity contribution in [3.63, 3.8) is 0 Å². The molecule has 1 aromatic carbocycles. The monoisotopic (exact) mass is 406 g/mol. The molecular formula is C20H30N4O3S. The second-order valence-corrected chi connectivity index (χ2v) is 9.65. The molecule has 7 nitrogen and oxygen atoms in total. The molecule has 0 bridgehead atoms. The number of nitriles is 1. The molecule has 154 valence electrons.